The number of non-ortho nitro benzene ring substituents is 1. The lowest BCUT2D eigenvalue weighted by atomic mass is 9.92. The maximum Gasteiger partial charge on any atom is 0.269 e. The molecule has 0 bridgehead atoms. The molecule has 0 aliphatic carbocycles. The number of benzene rings is 2. The lowest BCUT2D eigenvalue weighted by Gasteiger charge is -2.30. The zero-order chi connectivity index (χ0) is 26.4. The molecule has 0 unspecified atom stereocenters. The molecule has 2 heterocycles. The van der Waals surface area contributed by atoms with Crippen LogP contribution in [-0.2, 0) is 22.4 Å². The van der Waals surface area contributed by atoms with E-state index >= 15 is 0 Å². The number of carbonyl (C=O) groups is 2. The average Bonchev–Trinajstić information content (AvgIpc) is 3.59. The van der Waals surface area contributed by atoms with Gasteiger partial charge in [-0.05, 0) is 42.3 Å². The summed E-state index contributed by atoms with van der Waals surface area (Å²) in [7, 11) is 1.75. The highest BCUT2D eigenvalue weighted by Crippen LogP contribution is 2.33. The Balaban J connectivity index is 1.65. The van der Waals surface area contributed by atoms with Gasteiger partial charge in [0.1, 0.15) is 10.8 Å². The maximum atomic E-state index is 13.8. The molecule has 9 heteroatoms. The highest BCUT2D eigenvalue weighted by molar-refractivity contribution is 7.20. The Kier molecular flexibility index (Phi) is 8.58. The molecule has 0 saturated heterocycles. The van der Waals surface area contributed by atoms with Crippen molar-refractivity contribution in [1.29, 1.82) is 0 Å². The van der Waals surface area contributed by atoms with Crippen molar-refractivity contribution < 1.29 is 14.5 Å². The summed E-state index contributed by atoms with van der Waals surface area (Å²) in [6, 6.07) is 19.7. The molecule has 7 nitrogen and oxygen atoms in total. The Morgan fingerprint density at radius 1 is 0.973 bits per heavy atom. The predicted molar refractivity (Wildman–Crippen MR) is 147 cm³/mol. The van der Waals surface area contributed by atoms with E-state index in [1.807, 2.05) is 53.2 Å². The lowest BCUT2D eigenvalue weighted by molar-refractivity contribution is -0.384. The van der Waals surface area contributed by atoms with E-state index in [1.165, 1.54) is 30.4 Å². The molecular weight excluding hydrogens is 506 g/mol. The fourth-order valence-electron chi connectivity index (χ4n) is 4.30. The van der Waals surface area contributed by atoms with Crippen LogP contribution in [0.2, 0.25) is 0 Å². The average molecular weight is 534 g/mol. The van der Waals surface area contributed by atoms with E-state index < -0.39 is 16.9 Å². The highest BCUT2D eigenvalue weighted by Gasteiger charge is 2.31. The molecule has 0 aliphatic heterocycles. The molecule has 0 saturated carbocycles. The van der Waals surface area contributed by atoms with Crippen LogP contribution in [0, 0.1) is 16.0 Å². The molecule has 2 aromatic carbocycles. The van der Waals surface area contributed by atoms with Gasteiger partial charge in [0.2, 0.25) is 5.91 Å². The van der Waals surface area contributed by atoms with Crippen molar-refractivity contribution in [2.24, 2.45) is 5.92 Å². The van der Waals surface area contributed by atoms with Crippen molar-refractivity contribution in [3.05, 3.63) is 104 Å². The van der Waals surface area contributed by atoms with Gasteiger partial charge in [0.15, 0.2) is 0 Å². The Morgan fingerprint density at radius 3 is 2.30 bits per heavy atom. The molecule has 4 aromatic rings. The number of nitrogens with zero attached hydrogens (tertiary/aromatic N) is 3. The van der Waals surface area contributed by atoms with Gasteiger partial charge in [-0.2, -0.15) is 0 Å². The zero-order valence-corrected chi connectivity index (χ0v) is 22.2. The van der Waals surface area contributed by atoms with Gasteiger partial charge in [-0.1, -0.05) is 48.5 Å². The molecule has 0 fully saturated rings. The van der Waals surface area contributed by atoms with Crippen LogP contribution in [0.5, 0.6) is 0 Å². The van der Waals surface area contributed by atoms with Crippen molar-refractivity contribution in [3.8, 4) is 9.88 Å². The Hall–Kier alpha value is -3.69. The topological polar surface area (TPSA) is 93.4 Å². The third kappa shape index (κ3) is 6.75. The van der Waals surface area contributed by atoms with Gasteiger partial charge in [0, 0.05) is 36.9 Å². The van der Waals surface area contributed by atoms with E-state index in [1.54, 1.807) is 35.4 Å². The van der Waals surface area contributed by atoms with E-state index in [0.29, 0.717) is 12.8 Å². The first-order valence-corrected chi connectivity index (χ1v) is 13.6. The molecule has 0 N–H and O–H groups in total. The number of rotatable bonds is 11. The molecular formula is C28H27N3O4S2. The maximum absolute atomic E-state index is 13.8. The Labute approximate surface area is 223 Å². The van der Waals surface area contributed by atoms with Gasteiger partial charge in [-0.15, -0.1) is 22.7 Å². The van der Waals surface area contributed by atoms with Crippen LogP contribution in [-0.4, -0.2) is 33.5 Å². The Morgan fingerprint density at radius 2 is 1.68 bits per heavy atom. The molecule has 0 radical (unpaired) electrons. The first-order chi connectivity index (χ1) is 17.8. The molecule has 2 aromatic heterocycles. The van der Waals surface area contributed by atoms with E-state index in [9.17, 15) is 19.7 Å². The van der Waals surface area contributed by atoms with Gasteiger partial charge in [-0.25, -0.2) is 4.98 Å². The SMILES string of the molecule is CC(=O)C[C@@H](Cc1ccccc1)C(=O)N(C)[C@@H](Cc1ccc([N+](=O)[O-])cc1)c1csc(-c2cccs2)n1. The normalized spacial score (nSPS) is 12.6. The minimum absolute atomic E-state index is 0.0164. The van der Waals surface area contributed by atoms with Crippen molar-refractivity contribution in [3.63, 3.8) is 0 Å². The smallest absolute Gasteiger partial charge is 0.269 e. The molecule has 37 heavy (non-hydrogen) atoms. The van der Waals surface area contributed by atoms with Crippen molar-refractivity contribution >= 4 is 40.1 Å². The van der Waals surface area contributed by atoms with Gasteiger partial charge >= 0.3 is 0 Å². The van der Waals surface area contributed by atoms with Crippen LogP contribution in [0.4, 0.5) is 5.69 Å². The number of thiazole rings is 1. The summed E-state index contributed by atoms with van der Waals surface area (Å²) >= 11 is 3.12. The van der Waals surface area contributed by atoms with Crippen LogP contribution < -0.4 is 0 Å². The van der Waals surface area contributed by atoms with Crippen LogP contribution in [0.1, 0.15) is 36.2 Å². The number of hydrogen-bond acceptors (Lipinski definition) is 7. The van der Waals surface area contributed by atoms with E-state index in [2.05, 4.69) is 0 Å². The first-order valence-electron chi connectivity index (χ1n) is 11.8. The van der Waals surface area contributed by atoms with Gasteiger partial charge in [0.25, 0.3) is 5.69 Å². The molecule has 0 aliphatic rings. The number of likely N-dealkylation sites (N-methyl/N-ethyl adjacent to an activating group) is 1. The predicted octanol–water partition coefficient (Wildman–Crippen LogP) is 6.36. The quantitative estimate of drug-likeness (QED) is 0.165. The summed E-state index contributed by atoms with van der Waals surface area (Å²) < 4.78 is 0. The second-order valence-electron chi connectivity index (χ2n) is 8.94. The summed E-state index contributed by atoms with van der Waals surface area (Å²) in [5.41, 5.74) is 2.62. The second kappa shape index (κ2) is 12.0. The minimum atomic E-state index is -0.500. The number of aromatic nitrogens is 1. The number of carbonyl (C=O) groups excluding carboxylic acids is 2. The molecule has 1 amide bonds. The number of thiophene rings is 1. The van der Waals surface area contributed by atoms with E-state index in [0.717, 1.165) is 26.7 Å². The van der Waals surface area contributed by atoms with E-state index in [-0.39, 0.29) is 23.8 Å². The fourth-order valence-corrected chi connectivity index (χ4v) is 5.98. The highest BCUT2D eigenvalue weighted by atomic mass is 32.1. The fraction of sp³-hybridized carbons (Fsp3) is 0.250. The number of ketones is 1. The third-order valence-corrected chi connectivity index (χ3v) is 8.09. The first kappa shape index (κ1) is 26.4. The van der Waals surface area contributed by atoms with Gasteiger partial charge in [0.05, 0.1) is 21.5 Å². The molecule has 0 spiro atoms. The second-order valence-corrected chi connectivity index (χ2v) is 10.7. The summed E-state index contributed by atoms with van der Waals surface area (Å²) in [5, 5.41) is 15.9. The number of Topliss-reactive ketones (excluding diaryl/α,β-unsaturated/α-hetero) is 1. The zero-order valence-electron chi connectivity index (χ0n) is 20.6. The standard InChI is InChI=1S/C28H27N3O4S2/c1-19(32)15-22(16-20-7-4-3-5-8-20)28(33)30(2)25(17-21-10-12-23(13-11-21)31(34)35)24-18-37-27(29-24)26-9-6-14-36-26/h3-14,18,22,25H,15-17H2,1-2H3/t22-,25-/m0/s1. The third-order valence-electron chi connectivity index (χ3n) is 6.19. The van der Waals surface area contributed by atoms with Crippen LogP contribution in [0.25, 0.3) is 9.88 Å². The molecule has 190 valence electrons. The number of amides is 1. The largest absolute Gasteiger partial charge is 0.337 e. The number of nitro benzene ring substituents is 1. The summed E-state index contributed by atoms with van der Waals surface area (Å²) in [4.78, 5) is 44.2. The summed E-state index contributed by atoms with van der Waals surface area (Å²) in [6.45, 7) is 1.51. The van der Waals surface area contributed by atoms with Crippen LogP contribution in [0.15, 0.2) is 77.5 Å². The van der Waals surface area contributed by atoms with Crippen LogP contribution in [0.3, 0.4) is 0 Å². The molecule has 2 atom stereocenters. The van der Waals surface area contributed by atoms with Crippen molar-refractivity contribution in [2.45, 2.75) is 32.2 Å². The van der Waals surface area contributed by atoms with Crippen molar-refractivity contribution in [2.75, 3.05) is 7.05 Å². The van der Waals surface area contributed by atoms with Gasteiger partial charge < -0.3 is 9.69 Å². The van der Waals surface area contributed by atoms with Crippen LogP contribution >= 0.6 is 22.7 Å². The Bertz CT molecular complexity index is 1350. The monoisotopic (exact) mass is 533 g/mol. The van der Waals surface area contributed by atoms with Crippen molar-refractivity contribution in [1.82, 2.24) is 9.88 Å². The number of hydrogen-bond donors (Lipinski definition) is 0. The lowest BCUT2D eigenvalue weighted by Crippen LogP contribution is -2.38. The minimum Gasteiger partial charge on any atom is -0.337 e. The van der Waals surface area contributed by atoms with E-state index in [4.69, 9.17) is 4.98 Å². The summed E-state index contributed by atoms with van der Waals surface area (Å²) in [6.07, 6.45) is 1.05. The summed E-state index contributed by atoms with van der Waals surface area (Å²) in [5.74, 6) is -0.667. The number of nitro groups is 1. The van der Waals surface area contributed by atoms with Gasteiger partial charge in [-0.3, -0.25) is 14.9 Å². The molecule has 4 rings (SSSR count).